The summed E-state index contributed by atoms with van der Waals surface area (Å²) < 4.78 is 0.672. The average Bonchev–Trinajstić information content (AvgIpc) is 2.80. The minimum Gasteiger partial charge on any atom is -0.342 e. The molecule has 4 nitrogen and oxygen atoms in total. The van der Waals surface area contributed by atoms with Crippen molar-refractivity contribution < 1.29 is 9.59 Å². The first kappa shape index (κ1) is 17.3. The van der Waals surface area contributed by atoms with Crippen LogP contribution in [0.25, 0.3) is 6.08 Å². The van der Waals surface area contributed by atoms with Crippen LogP contribution in [0.2, 0.25) is 0 Å². The van der Waals surface area contributed by atoms with Crippen molar-refractivity contribution in [2.75, 3.05) is 18.8 Å². The van der Waals surface area contributed by atoms with Gasteiger partial charge in [-0.2, -0.15) is 4.99 Å². The van der Waals surface area contributed by atoms with Gasteiger partial charge in [-0.3, -0.25) is 9.59 Å². The van der Waals surface area contributed by atoms with E-state index in [9.17, 15) is 9.59 Å². The second-order valence-corrected chi connectivity index (χ2v) is 8.04. The number of thioether (sulfide) groups is 2. The van der Waals surface area contributed by atoms with Crippen molar-refractivity contribution in [1.82, 2.24) is 4.90 Å². The van der Waals surface area contributed by atoms with Crippen molar-refractivity contribution in [3.63, 3.8) is 0 Å². The minimum atomic E-state index is -0.214. The van der Waals surface area contributed by atoms with Crippen LogP contribution in [0.1, 0.15) is 31.2 Å². The van der Waals surface area contributed by atoms with E-state index < -0.39 is 0 Å². The van der Waals surface area contributed by atoms with Gasteiger partial charge in [0.15, 0.2) is 0 Å². The molecule has 0 unspecified atom stereocenters. The van der Waals surface area contributed by atoms with Crippen molar-refractivity contribution in [1.29, 1.82) is 0 Å². The number of hydrogen-bond acceptors (Lipinski definition) is 4. The quantitative estimate of drug-likeness (QED) is 0.770. The number of rotatable bonds is 3. The number of aliphatic imine (C=N–C) groups is 1. The first-order valence-electron chi connectivity index (χ1n) is 8.20. The molecule has 0 bridgehead atoms. The molecule has 0 N–H and O–H groups in total. The van der Waals surface area contributed by atoms with Crippen molar-refractivity contribution in [3.8, 4) is 0 Å². The summed E-state index contributed by atoms with van der Waals surface area (Å²) in [4.78, 5) is 30.9. The number of amides is 2. The third-order valence-corrected chi connectivity index (χ3v) is 6.09. The van der Waals surface area contributed by atoms with Crippen molar-refractivity contribution in [2.24, 2.45) is 4.99 Å². The van der Waals surface area contributed by atoms with Crippen LogP contribution >= 0.6 is 23.5 Å². The van der Waals surface area contributed by atoms with Gasteiger partial charge in [0, 0.05) is 13.1 Å². The maximum Gasteiger partial charge on any atom is 0.285 e. The zero-order valence-corrected chi connectivity index (χ0v) is 15.1. The van der Waals surface area contributed by atoms with Crippen LogP contribution in [0.3, 0.4) is 0 Å². The predicted molar refractivity (Wildman–Crippen MR) is 102 cm³/mol. The molecule has 6 heteroatoms. The summed E-state index contributed by atoms with van der Waals surface area (Å²) in [6.07, 6.45) is 6.45. The third kappa shape index (κ3) is 4.74. The van der Waals surface area contributed by atoms with Crippen LogP contribution in [0.5, 0.6) is 0 Å². The summed E-state index contributed by atoms with van der Waals surface area (Å²) in [6.45, 7) is 1.72. The molecule has 0 aromatic heterocycles. The highest BCUT2D eigenvalue weighted by molar-refractivity contribution is 8.41. The molecule has 3 rings (SSSR count). The zero-order chi connectivity index (χ0) is 16.8. The first-order chi connectivity index (χ1) is 11.7. The topological polar surface area (TPSA) is 49.7 Å². The Kier molecular flexibility index (Phi) is 6.15. The van der Waals surface area contributed by atoms with Crippen LogP contribution in [0.15, 0.2) is 40.2 Å². The normalized spacial score (nSPS) is 20.2. The summed E-state index contributed by atoms with van der Waals surface area (Å²) in [5.74, 6) is 0.296. The highest BCUT2D eigenvalue weighted by atomic mass is 32.2. The fourth-order valence-electron chi connectivity index (χ4n) is 2.69. The molecule has 0 atom stereocenters. The molecule has 1 fully saturated rings. The van der Waals surface area contributed by atoms with Crippen LogP contribution in [-0.2, 0) is 9.59 Å². The molecule has 0 saturated carbocycles. The molecule has 1 saturated heterocycles. The van der Waals surface area contributed by atoms with E-state index in [1.165, 1.54) is 36.4 Å². The van der Waals surface area contributed by atoms with E-state index >= 15 is 0 Å². The van der Waals surface area contributed by atoms with Gasteiger partial charge in [-0.15, -0.1) is 0 Å². The molecular formula is C18H20N2O2S2. The van der Waals surface area contributed by atoms with E-state index in [2.05, 4.69) is 4.99 Å². The second kappa shape index (κ2) is 8.53. The fraction of sp³-hybridized carbons (Fsp3) is 0.389. The van der Waals surface area contributed by atoms with Crippen LogP contribution in [0.4, 0.5) is 0 Å². The van der Waals surface area contributed by atoms with E-state index in [4.69, 9.17) is 0 Å². The van der Waals surface area contributed by atoms with Crippen molar-refractivity contribution >= 4 is 45.8 Å². The lowest BCUT2D eigenvalue weighted by Gasteiger charge is -2.19. The lowest BCUT2D eigenvalue weighted by Crippen LogP contribution is -2.33. The standard InChI is InChI=1S/C18H20N2O2S2/c21-16(20-10-6-1-2-7-11-20)13-23-18-19-17(22)15(24-18)12-14-8-4-3-5-9-14/h3-5,8-9,12H,1-2,6-7,10-11,13H2. The Morgan fingerprint density at radius 1 is 1.17 bits per heavy atom. The lowest BCUT2D eigenvalue weighted by atomic mass is 10.2. The summed E-state index contributed by atoms with van der Waals surface area (Å²) >= 11 is 2.73. The van der Waals surface area contributed by atoms with Crippen LogP contribution in [-0.4, -0.2) is 39.9 Å². The Bertz CT molecular complexity index is 663. The number of hydrogen-bond donors (Lipinski definition) is 0. The highest BCUT2D eigenvalue weighted by Gasteiger charge is 2.24. The van der Waals surface area contributed by atoms with Gasteiger partial charge in [-0.05, 0) is 24.5 Å². The van der Waals surface area contributed by atoms with Gasteiger partial charge in [0.2, 0.25) is 5.91 Å². The predicted octanol–water partition coefficient (Wildman–Crippen LogP) is 3.79. The van der Waals surface area contributed by atoms with E-state index in [1.54, 1.807) is 0 Å². The van der Waals surface area contributed by atoms with Crippen LogP contribution in [0, 0.1) is 0 Å². The molecule has 126 valence electrons. The molecule has 1 aromatic carbocycles. The van der Waals surface area contributed by atoms with E-state index in [0.717, 1.165) is 31.5 Å². The molecule has 2 amide bonds. The van der Waals surface area contributed by atoms with Gasteiger partial charge in [0.05, 0.1) is 10.7 Å². The van der Waals surface area contributed by atoms with Gasteiger partial charge >= 0.3 is 0 Å². The smallest absolute Gasteiger partial charge is 0.285 e. The van der Waals surface area contributed by atoms with Gasteiger partial charge in [-0.25, -0.2) is 0 Å². The Labute approximate surface area is 150 Å². The number of nitrogens with zero attached hydrogens (tertiary/aromatic N) is 2. The Balaban J connectivity index is 1.53. The molecule has 1 aromatic rings. The van der Waals surface area contributed by atoms with Crippen molar-refractivity contribution in [2.45, 2.75) is 25.7 Å². The summed E-state index contributed by atoms with van der Waals surface area (Å²) in [7, 11) is 0. The Morgan fingerprint density at radius 2 is 1.88 bits per heavy atom. The SMILES string of the molecule is O=C1N=C(SCC(=O)N2CCCCCC2)SC1=Cc1ccccc1. The number of carbonyl (C=O) groups is 2. The van der Waals surface area contributed by atoms with Gasteiger partial charge in [0.1, 0.15) is 4.38 Å². The summed E-state index contributed by atoms with van der Waals surface area (Å²) in [5, 5.41) is 0. The van der Waals surface area contributed by atoms with E-state index in [0.29, 0.717) is 15.0 Å². The van der Waals surface area contributed by atoms with Gasteiger partial charge in [-0.1, -0.05) is 66.7 Å². The maximum atomic E-state index is 12.3. The number of carbonyl (C=O) groups excluding carboxylic acids is 2. The van der Waals surface area contributed by atoms with Gasteiger partial charge in [0.25, 0.3) is 5.91 Å². The molecule has 0 spiro atoms. The highest BCUT2D eigenvalue weighted by Crippen LogP contribution is 2.33. The molecule has 0 radical (unpaired) electrons. The molecule has 2 aliphatic rings. The second-order valence-electron chi connectivity index (χ2n) is 5.79. The first-order valence-corrected chi connectivity index (χ1v) is 10.0. The largest absolute Gasteiger partial charge is 0.342 e. The summed E-state index contributed by atoms with van der Waals surface area (Å²) in [6, 6.07) is 9.72. The van der Waals surface area contributed by atoms with Gasteiger partial charge < -0.3 is 4.90 Å². The Hall–Kier alpha value is -1.53. The lowest BCUT2D eigenvalue weighted by molar-refractivity contribution is -0.128. The molecule has 24 heavy (non-hydrogen) atoms. The molecule has 0 aliphatic carbocycles. The fourth-order valence-corrected chi connectivity index (χ4v) is 4.59. The van der Waals surface area contributed by atoms with E-state index in [1.807, 2.05) is 41.3 Å². The Morgan fingerprint density at radius 3 is 2.58 bits per heavy atom. The van der Waals surface area contributed by atoms with Crippen LogP contribution < -0.4 is 0 Å². The van der Waals surface area contributed by atoms with E-state index in [-0.39, 0.29) is 11.8 Å². The third-order valence-electron chi connectivity index (χ3n) is 3.98. The van der Waals surface area contributed by atoms with Crippen molar-refractivity contribution in [3.05, 3.63) is 40.8 Å². The minimum absolute atomic E-state index is 0.151. The molecule has 2 heterocycles. The molecular weight excluding hydrogens is 340 g/mol. The average molecular weight is 361 g/mol. The maximum absolute atomic E-state index is 12.3. The monoisotopic (exact) mass is 360 g/mol. The molecule has 2 aliphatic heterocycles. The summed E-state index contributed by atoms with van der Waals surface area (Å²) in [5.41, 5.74) is 0.982. The zero-order valence-electron chi connectivity index (χ0n) is 13.4. The number of likely N-dealkylation sites (tertiary alicyclic amines) is 1. The number of benzene rings is 1.